The molecule has 1 heterocycles. The van der Waals surface area contributed by atoms with Crippen LogP contribution in [0.25, 0.3) is 0 Å². The number of ether oxygens (including phenoxy) is 1. The van der Waals surface area contributed by atoms with Crippen LogP contribution in [0.2, 0.25) is 5.02 Å². The van der Waals surface area contributed by atoms with E-state index in [0.29, 0.717) is 0 Å². The molecule has 0 atom stereocenters. The van der Waals surface area contributed by atoms with Crippen LogP contribution >= 0.6 is 22.9 Å². The van der Waals surface area contributed by atoms with Gasteiger partial charge in [-0.15, -0.1) is 11.3 Å². The highest BCUT2D eigenvalue weighted by Crippen LogP contribution is 2.32. The fraction of sp³-hybridized carbons (Fsp3) is 0.154. The van der Waals surface area contributed by atoms with Crippen molar-refractivity contribution < 1.29 is 19.6 Å². The van der Waals surface area contributed by atoms with E-state index in [0.717, 1.165) is 16.2 Å². The van der Waals surface area contributed by atoms with Gasteiger partial charge >= 0.3 is 5.97 Å². The van der Waals surface area contributed by atoms with Crippen LogP contribution < -0.4 is 4.74 Å². The molecule has 0 radical (unpaired) electrons. The van der Waals surface area contributed by atoms with E-state index in [-0.39, 0.29) is 33.5 Å². The van der Waals surface area contributed by atoms with Gasteiger partial charge in [-0.1, -0.05) is 17.7 Å². The van der Waals surface area contributed by atoms with Gasteiger partial charge in [0.05, 0.1) is 15.5 Å². The predicted molar refractivity (Wildman–Crippen MR) is 78.5 cm³/mol. The number of carboxylic acid groups (broad SMARTS) is 1. The minimum atomic E-state index is -1.10. The van der Waals surface area contributed by atoms with Crippen molar-refractivity contribution in [3.8, 4) is 5.75 Å². The number of carboxylic acids is 1. The van der Waals surface area contributed by atoms with Gasteiger partial charge in [-0.3, -0.25) is 10.1 Å². The summed E-state index contributed by atoms with van der Waals surface area (Å²) < 4.78 is 5.42. The Labute approximate surface area is 128 Å². The molecule has 110 valence electrons. The van der Waals surface area contributed by atoms with Crippen LogP contribution in [-0.2, 0) is 6.61 Å². The van der Waals surface area contributed by atoms with Crippen LogP contribution in [0.5, 0.6) is 5.75 Å². The molecular weight excluding hydrogens is 318 g/mol. The third-order valence-electron chi connectivity index (χ3n) is 2.68. The number of nitrogens with zero attached hydrogens (tertiary/aromatic N) is 1. The summed E-state index contributed by atoms with van der Waals surface area (Å²) in [5, 5.41) is 20.2. The van der Waals surface area contributed by atoms with Gasteiger partial charge in [-0.25, -0.2) is 4.79 Å². The van der Waals surface area contributed by atoms with Crippen molar-refractivity contribution in [2.75, 3.05) is 0 Å². The maximum atomic E-state index is 11.1. The molecule has 0 fully saturated rings. The number of nitro benzene ring substituents is 1. The highest BCUT2D eigenvalue weighted by atomic mass is 35.5. The summed E-state index contributed by atoms with van der Waals surface area (Å²) in [5.41, 5.74) is 0.0516. The molecular formula is C13H10ClNO5S. The molecule has 2 aromatic rings. The lowest BCUT2D eigenvalue weighted by Crippen LogP contribution is -2.03. The molecule has 0 aliphatic rings. The highest BCUT2D eigenvalue weighted by molar-refractivity contribution is 7.14. The molecule has 1 aromatic heterocycles. The lowest BCUT2D eigenvalue weighted by Gasteiger charge is -2.07. The Morgan fingerprint density at radius 3 is 2.86 bits per heavy atom. The average Bonchev–Trinajstić information content (AvgIpc) is 2.78. The van der Waals surface area contributed by atoms with E-state index in [1.54, 1.807) is 13.0 Å². The second kappa shape index (κ2) is 6.11. The Morgan fingerprint density at radius 1 is 1.52 bits per heavy atom. The Balaban J connectivity index is 2.29. The van der Waals surface area contributed by atoms with E-state index >= 15 is 0 Å². The zero-order valence-electron chi connectivity index (χ0n) is 10.8. The van der Waals surface area contributed by atoms with E-state index in [9.17, 15) is 14.9 Å². The number of hydrogen-bond acceptors (Lipinski definition) is 5. The topological polar surface area (TPSA) is 89.7 Å². The first-order chi connectivity index (χ1) is 9.90. The Bertz CT molecular complexity index is 713. The standard InChI is InChI=1S/C13H10ClNO5S/c1-7-5-11(12(21-7)13(16)17)20-6-8-9(14)3-2-4-10(8)15(18)19/h2-5H,6H2,1H3,(H,16,17). The monoisotopic (exact) mass is 327 g/mol. The molecule has 6 nitrogen and oxygen atoms in total. The SMILES string of the molecule is Cc1cc(OCc2c(Cl)cccc2[N+](=O)[O-])c(C(=O)O)s1. The van der Waals surface area contributed by atoms with Crippen LogP contribution in [-0.4, -0.2) is 16.0 Å². The van der Waals surface area contributed by atoms with Gasteiger partial charge in [0.2, 0.25) is 0 Å². The first kappa shape index (κ1) is 15.3. The summed E-state index contributed by atoms with van der Waals surface area (Å²) in [5.74, 6) is -0.920. The van der Waals surface area contributed by atoms with E-state index in [1.807, 2.05) is 0 Å². The zero-order chi connectivity index (χ0) is 15.6. The van der Waals surface area contributed by atoms with Crippen molar-refractivity contribution in [1.29, 1.82) is 0 Å². The first-order valence-electron chi connectivity index (χ1n) is 5.78. The number of nitro groups is 1. The molecule has 0 unspecified atom stereocenters. The molecule has 0 spiro atoms. The lowest BCUT2D eigenvalue weighted by molar-refractivity contribution is -0.385. The third kappa shape index (κ3) is 3.32. The third-order valence-corrected chi connectivity index (χ3v) is 4.05. The summed E-state index contributed by atoms with van der Waals surface area (Å²) in [4.78, 5) is 22.3. The van der Waals surface area contributed by atoms with Crippen LogP contribution in [0.3, 0.4) is 0 Å². The number of aromatic carboxylic acids is 1. The van der Waals surface area contributed by atoms with Gasteiger partial charge < -0.3 is 9.84 Å². The molecule has 1 aromatic carbocycles. The second-order valence-corrected chi connectivity index (χ2v) is 5.80. The van der Waals surface area contributed by atoms with Crippen molar-refractivity contribution in [3.63, 3.8) is 0 Å². The molecule has 8 heteroatoms. The minimum absolute atomic E-state index is 0.0576. The van der Waals surface area contributed by atoms with Crippen molar-refractivity contribution in [2.45, 2.75) is 13.5 Å². The number of thiophene rings is 1. The summed E-state index contributed by atoms with van der Waals surface area (Å²) in [6, 6.07) is 5.89. The second-order valence-electron chi connectivity index (χ2n) is 4.14. The van der Waals surface area contributed by atoms with E-state index in [4.69, 9.17) is 21.4 Å². The normalized spacial score (nSPS) is 10.4. The van der Waals surface area contributed by atoms with Crippen LogP contribution in [0.15, 0.2) is 24.3 Å². The largest absolute Gasteiger partial charge is 0.487 e. The summed E-state index contributed by atoms with van der Waals surface area (Å²) in [6.07, 6.45) is 0. The summed E-state index contributed by atoms with van der Waals surface area (Å²) in [6.45, 7) is 1.58. The number of rotatable bonds is 5. The maximum Gasteiger partial charge on any atom is 0.349 e. The molecule has 0 saturated heterocycles. The maximum absolute atomic E-state index is 11.1. The zero-order valence-corrected chi connectivity index (χ0v) is 12.4. The molecule has 0 amide bonds. The van der Waals surface area contributed by atoms with Gasteiger partial charge in [-0.2, -0.15) is 0 Å². The summed E-state index contributed by atoms with van der Waals surface area (Å²) >= 11 is 7.03. The molecule has 1 N–H and O–H groups in total. The molecule has 0 aliphatic heterocycles. The van der Waals surface area contributed by atoms with Gasteiger partial charge in [0.25, 0.3) is 5.69 Å². The first-order valence-corrected chi connectivity index (χ1v) is 6.98. The van der Waals surface area contributed by atoms with Crippen molar-refractivity contribution in [1.82, 2.24) is 0 Å². The van der Waals surface area contributed by atoms with E-state index in [1.165, 1.54) is 18.2 Å². The average molecular weight is 328 g/mol. The van der Waals surface area contributed by atoms with Gasteiger partial charge in [-0.05, 0) is 19.1 Å². The van der Waals surface area contributed by atoms with Crippen LogP contribution in [0.4, 0.5) is 5.69 Å². The predicted octanol–water partition coefficient (Wildman–Crippen LogP) is 3.90. The van der Waals surface area contributed by atoms with Gasteiger partial charge in [0.1, 0.15) is 12.4 Å². The number of halogens is 1. The number of aryl methyl sites for hydroxylation is 1. The molecule has 0 saturated carbocycles. The number of benzene rings is 1. The van der Waals surface area contributed by atoms with Crippen LogP contribution in [0, 0.1) is 17.0 Å². The quantitative estimate of drug-likeness (QED) is 0.664. The smallest absolute Gasteiger partial charge is 0.349 e. The Morgan fingerprint density at radius 2 is 2.24 bits per heavy atom. The Hall–Kier alpha value is -2.12. The van der Waals surface area contributed by atoms with E-state index < -0.39 is 10.9 Å². The molecule has 0 aliphatic carbocycles. The van der Waals surface area contributed by atoms with Crippen LogP contribution in [0.1, 0.15) is 20.1 Å². The molecule has 21 heavy (non-hydrogen) atoms. The van der Waals surface area contributed by atoms with Crippen molar-refractivity contribution in [3.05, 3.63) is 54.7 Å². The number of hydrogen-bond donors (Lipinski definition) is 1. The highest BCUT2D eigenvalue weighted by Gasteiger charge is 2.20. The summed E-state index contributed by atoms with van der Waals surface area (Å²) in [7, 11) is 0. The molecule has 2 rings (SSSR count). The van der Waals surface area contributed by atoms with Crippen molar-refractivity contribution in [2.24, 2.45) is 0 Å². The van der Waals surface area contributed by atoms with E-state index in [2.05, 4.69) is 0 Å². The van der Waals surface area contributed by atoms with Gasteiger partial charge in [0, 0.05) is 10.9 Å². The lowest BCUT2D eigenvalue weighted by atomic mass is 10.2. The van der Waals surface area contributed by atoms with Crippen molar-refractivity contribution >= 4 is 34.6 Å². The fourth-order valence-corrected chi connectivity index (χ4v) is 2.78. The fourth-order valence-electron chi connectivity index (χ4n) is 1.76. The Kier molecular flexibility index (Phi) is 4.44. The molecule has 0 bridgehead atoms. The number of carbonyl (C=O) groups is 1. The minimum Gasteiger partial charge on any atom is -0.487 e. The van der Waals surface area contributed by atoms with Gasteiger partial charge in [0.15, 0.2) is 4.88 Å².